The van der Waals surface area contributed by atoms with Gasteiger partial charge >= 0.3 is 5.76 Å². The largest absolute Gasteiger partial charge is 0.454 e. The van der Waals surface area contributed by atoms with Crippen molar-refractivity contribution in [3.63, 3.8) is 0 Å². The summed E-state index contributed by atoms with van der Waals surface area (Å²) in [6, 6.07) is 18.4. The zero-order valence-electron chi connectivity index (χ0n) is 23.7. The topological polar surface area (TPSA) is 146 Å². The van der Waals surface area contributed by atoms with Crippen LogP contribution in [0.4, 0.5) is 11.4 Å². The van der Waals surface area contributed by atoms with Gasteiger partial charge in [-0.25, -0.2) is 4.79 Å². The molecule has 12 nitrogen and oxygen atoms in total. The van der Waals surface area contributed by atoms with Gasteiger partial charge in [0.15, 0.2) is 17.1 Å². The summed E-state index contributed by atoms with van der Waals surface area (Å²) in [5, 5.41) is 13.4. The number of carbonyl (C=O) groups is 2. The average molecular weight is 599 g/mol. The Labute approximate surface area is 251 Å². The highest BCUT2D eigenvalue weighted by molar-refractivity contribution is 5.91. The number of hydrogen-bond acceptors (Lipinski definition) is 8. The number of rotatable bonds is 7. The normalized spacial score (nSPS) is 14.0. The van der Waals surface area contributed by atoms with E-state index >= 15 is 0 Å². The van der Waals surface area contributed by atoms with Gasteiger partial charge in [-0.2, -0.15) is 0 Å². The number of para-hydroxylation sites is 1. The first-order chi connectivity index (χ1) is 21.4. The predicted molar refractivity (Wildman–Crippen MR) is 163 cm³/mol. The van der Waals surface area contributed by atoms with Crippen molar-refractivity contribution < 1.29 is 28.4 Å². The summed E-state index contributed by atoms with van der Waals surface area (Å²) in [6.45, 7) is 1.80. The number of nitro groups is 1. The molecule has 3 heterocycles. The zero-order valence-corrected chi connectivity index (χ0v) is 23.7. The maximum absolute atomic E-state index is 12.0. The van der Waals surface area contributed by atoms with E-state index in [1.54, 1.807) is 36.4 Å². The van der Waals surface area contributed by atoms with Gasteiger partial charge in [-0.15, -0.1) is 0 Å². The van der Waals surface area contributed by atoms with Gasteiger partial charge in [0.1, 0.15) is 6.54 Å². The molecule has 0 spiro atoms. The Morgan fingerprint density at radius 1 is 0.932 bits per heavy atom. The number of piperidine rings is 1. The molecule has 4 aromatic rings. The molecule has 44 heavy (non-hydrogen) atoms. The minimum Gasteiger partial charge on any atom is -0.454 e. The molecule has 1 saturated heterocycles. The Kier molecular flexibility index (Phi) is 9.50. The molecule has 2 aliphatic heterocycles. The zero-order chi connectivity index (χ0) is 30.9. The van der Waals surface area contributed by atoms with Crippen molar-refractivity contribution in [2.75, 3.05) is 25.2 Å². The molecule has 2 aliphatic rings. The van der Waals surface area contributed by atoms with E-state index in [9.17, 15) is 24.5 Å². The molecular weight excluding hydrogens is 568 g/mol. The van der Waals surface area contributed by atoms with Gasteiger partial charge in [-0.05, 0) is 55.2 Å². The smallest absolute Gasteiger partial charge is 0.420 e. The molecule has 2 amide bonds. The van der Waals surface area contributed by atoms with E-state index in [1.165, 1.54) is 18.6 Å². The highest BCUT2D eigenvalue weighted by Crippen LogP contribution is 2.32. The van der Waals surface area contributed by atoms with Crippen LogP contribution in [0.5, 0.6) is 11.5 Å². The van der Waals surface area contributed by atoms with Gasteiger partial charge in [-0.3, -0.25) is 24.3 Å². The number of nitrogens with one attached hydrogen (secondary N) is 1. The number of allylic oxidation sites excluding steroid dienone is 2. The highest BCUT2D eigenvalue weighted by Gasteiger charge is 2.17. The second kappa shape index (κ2) is 14.0. The Balaban J connectivity index is 0.000000175. The quantitative estimate of drug-likeness (QED) is 0.133. The Morgan fingerprint density at radius 2 is 1.70 bits per heavy atom. The molecule has 1 N–H and O–H groups in total. The number of amides is 2. The van der Waals surface area contributed by atoms with E-state index in [0.717, 1.165) is 53.6 Å². The summed E-state index contributed by atoms with van der Waals surface area (Å²) in [4.78, 5) is 47.9. The fourth-order valence-corrected chi connectivity index (χ4v) is 4.72. The Morgan fingerprint density at radius 3 is 2.48 bits per heavy atom. The monoisotopic (exact) mass is 598 g/mol. The molecule has 0 aliphatic carbocycles. The van der Waals surface area contributed by atoms with Gasteiger partial charge in [0.05, 0.1) is 16.5 Å². The summed E-state index contributed by atoms with van der Waals surface area (Å²) in [7, 11) is 0. The van der Waals surface area contributed by atoms with Crippen LogP contribution in [0.2, 0.25) is 0 Å². The lowest BCUT2D eigenvalue weighted by atomic mass is 10.1. The van der Waals surface area contributed by atoms with Crippen LogP contribution >= 0.6 is 0 Å². The van der Waals surface area contributed by atoms with Crippen molar-refractivity contribution in [3.05, 3.63) is 111 Å². The predicted octanol–water partition coefficient (Wildman–Crippen LogP) is 5.14. The maximum Gasteiger partial charge on any atom is 0.420 e. The van der Waals surface area contributed by atoms with Crippen LogP contribution in [0.25, 0.3) is 17.2 Å². The molecule has 0 unspecified atom stereocenters. The van der Waals surface area contributed by atoms with E-state index in [4.69, 9.17) is 13.9 Å². The van der Waals surface area contributed by atoms with Crippen molar-refractivity contribution in [1.29, 1.82) is 0 Å². The fourth-order valence-electron chi connectivity index (χ4n) is 4.72. The van der Waals surface area contributed by atoms with Crippen molar-refractivity contribution in [2.45, 2.75) is 25.8 Å². The van der Waals surface area contributed by atoms with Crippen molar-refractivity contribution in [3.8, 4) is 11.5 Å². The Bertz CT molecular complexity index is 1770. The maximum atomic E-state index is 12.0. The van der Waals surface area contributed by atoms with E-state index in [-0.39, 0.29) is 30.5 Å². The highest BCUT2D eigenvalue weighted by atomic mass is 16.7. The number of likely N-dealkylation sites (tertiary alicyclic amines) is 1. The van der Waals surface area contributed by atoms with Crippen LogP contribution in [-0.4, -0.2) is 46.1 Å². The number of benzene rings is 3. The third-order valence-electron chi connectivity index (χ3n) is 6.92. The van der Waals surface area contributed by atoms with Crippen LogP contribution in [0.3, 0.4) is 0 Å². The molecule has 0 saturated carbocycles. The molecule has 0 radical (unpaired) electrons. The number of anilines is 1. The van der Waals surface area contributed by atoms with Crippen LogP contribution in [0.15, 0.2) is 94.2 Å². The van der Waals surface area contributed by atoms with Crippen LogP contribution in [-0.2, 0) is 16.1 Å². The molecule has 1 fully saturated rings. The number of carbonyl (C=O) groups excluding carboxylic acids is 2. The number of ether oxygens (including phenoxy) is 2. The lowest BCUT2D eigenvalue weighted by Gasteiger charge is -2.25. The second-order valence-corrected chi connectivity index (χ2v) is 9.99. The molecule has 0 bridgehead atoms. The average Bonchev–Trinajstić information content (AvgIpc) is 3.63. The first kappa shape index (κ1) is 29.8. The molecule has 1 aromatic heterocycles. The number of aromatic nitrogens is 1. The SMILES string of the molecule is O=C(C=CC=Cc1ccc2c(c1)OCO2)N1CCCCC1.O=C(Cn1c(=O)oc2cc([N+](=O)[O-])ccc21)Nc1ccccc1. The molecule has 6 rings (SSSR count). The van der Waals surface area contributed by atoms with Gasteiger partial charge in [-0.1, -0.05) is 42.5 Å². The molecule has 3 aromatic carbocycles. The minimum atomic E-state index is -0.747. The molecular formula is C32H30N4O8. The fraction of sp³-hybridized carbons (Fsp3) is 0.219. The number of oxazole rings is 1. The molecule has 12 heteroatoms. The lowest BCUT2D eigenvalue weighted by Crippen LogP contribution is -2.34. The van der Waals surface area contributed by atoms with Gasteiger partial charge in [0.25, 0.3) is 5.69 Å². The van der Waals surface area contributed by atoms with Gasteiger partial charge in [0.2, 0.25) is 18.6 Å². The summed E-state index contributed by atoms with van der Waals surface area (Å²) < 4.78 is 16.7. The molecule has 226 valence electrons. The summed E-state index contributed by atoms with van der Waals surface area (Å²) >= 11 is 0. The van der Waals surface area contributed by atoms with Crippen molar-refractivity contribution in [2.24, 2.45) is 0 Å². The Hall–Kier alpha value is -5.65. The number of nitrogens with zero attached hydrogens (tertiary/aromatic N) is 3. The minimum absolute atomic E-state index is 0.0664. The number of nitro benzene ring substituents is 1. The number of fused-ring (bicyclic) bond motifs is 2. The van der Waals surface area contributed by atoms with Crippen molar-refractivity contribution >= 4 is 40.4 Å². The van der Waals surface area contributed by atoms with E-state index in [1.807, 2.05) is 41.3 Å². The summed E-state index contributed by atoms with van der Waals surface area (Å²) in [5.41, 5.74) is 1.83. The van der Waals surface area contributed by atoms with E-state index in [0.29, 0.717) is 11.2 Å². The van der Waals surface area contributed by atoms with E-state index in [2.05, 4.69) is 5.32 Å². The standard InChI is InChI=1S/C17H19NO3.C15H11N3O5/c19-17(18-10-4-1-5-11-18)7-3-2-6-14-8-9-15-16(12-14)21-13-20-15;19-14(16-10-4-2-1-3-5-10)9-17-12-7-6-11(18(21)22)8-13(12)23-15(17)20/h2-3,6-9,12H,1,4-5,10-11,13H2;1-8H,9H2,(H,16,19). The van der Waals surface area contributed by atoms with Crippen molar-refractivity contribution in [1.82, 2.24) is 9.47 Å². The molecule has 0 atom stereocenters. The van der Waals surface area contributed by atoms with Gasteiger partial charge in [0, 0.05) is 30.9 Å². The van der Waals surface area contributed by atoms with Crippen LogP contribution in [0, 0.1) is 10.1 Å². The van der Waals surface area contributed by atoms with Crippen LogP contribution in [0.1, 0.15) is 24.8 Å². The van der Waals surface area contributed by atoms with Crippen LogP contribution < -0.4 is 20.5 Å². The first-order valence-electron chi connectivity index (χ1n) is 14.0. The third kappa shape index (κ3) is 7.59. The summed E-state index contributed by atoms with van der Waals surface area (Å²) in [6.07, 6.45) is 10.7. The first-order valence-corrected chi connectivity index (χ1v) is 14.0. The number of non-ortho nitro benzene ring substituents is 1. The summed E-state index contributed by atoms with van der Waals surface area (Å²) in [5.74, 6) is 0.501. The third-order valence-corrected chi connectivity index (χ3v) is 6.92. The van der Waals surface area contributed by atoms with E-state index < -0.39 is 16.6 Å². The second-order valence-electron chi connectivity index (χ2n) is 9.99. The van der Waals surface area contributed by atoms with Gasteiger partial charge < -0.3 is 24.1 Å². The lowest BCUT2D eigenvalue weighted by molar-refractivity contribution is -0.384. The number of hydrogen-bond donors (Lipinski definition) is 1.